The van der Waals surface area contributed by atoms with Gasteiger partial charge in [0.25, 0.3) is 0 Å². The highest BCUT2D eigenvalue weighted by Gasteiger charge is 2.17. The van der Waals surface area contributed by atoms with Gasteiger partial charge in [-0.15, -0.1) is 0 Å². The highest BCUT2D eigenvalue weighted by Crippen LogP contribution is 2.22. The zero-order valence-electron chi connectivity index (χ0n) is 10.9. The number of hydrogen-bond donors (Lipinski definition) is 1. The molecule has 1 amide bonds. The maximum atomic E-state index is 11.6. The molecule has 0 unspecified atom stereocenters. The second-order valence-electron chi connectivity index (χ2n) is 4.56. The maximum Gasteiger partial charge on any atom is 0.437 e. The van der Waals surface area contributed by atoms with Crippen molar-refractivity contribution < 1.29 is 9.63 Å². The first-order valence-corrected chi connectivity index (χ1v) is 6.51. The zero-order chi connectivity index (χ0) is 13.8. The van der Waals surface area contributed by atoms with E-state index in [9.17, 15) is 4.79 Å². The molecule has 0 atom stereocenters. The van der Waals surface area contributed by atoms with Crippen molar-refractivity contribution in [3.8, 4) is 0 Å². The van der Waals surface area contributed by atoms with Gasteiger partial charge in [0.15, 0.2) is 0 Å². The van der Waals surface area contributed by atoms with Crippen molar-refractivity contribution >= 4 is 17.5 Å². The lowest BCUT2D eigenvalue weighted by molar-refractivity contribution is 0.166. The van der Waals surface area contributed by atoms with E-state index in [1.165, 1.54) is 5.56 Å². The first kappa shape index (κ1) is 12.4. The van der Waals surface area contributed by atoms with Crippen LogP contribution in [0, 0.1) is 0 Å². The Morgan fingerprint density at radius 3 is 2.60 bits per heavy atom. The van der Waals surface area contributed by atoms with Gasteiger partial charge in [-0.25, -0.2) is 4.79 Å². The molecule has 0 heterocycles. The van der Waals surface area contributed by atoms with E-state index in [0.717, 1.165) is 24.1 Å². The fraction of sp³-hybridized carbons (Fsp3) is 0.125. The zero-order valence-corrected chi connectivity index (χ0v) is 10.9. The number of amides is 1. The Labute approximate surface area is 117 Å². The van der Waals surface area contributed by atoms with Crippen molar-refractivity contribution in [2.24, 2.45) is 5.16 Å². The van der Waals surface area contributed by atoms with Crippen molar-refractivity contribution in [1.29, 1.82) is 0 Å². The Balaban J connectivity index is 1.65. The highest BCUT2D eigenvalue weighted by atomic mass is 16.7. The molecule has 2 aromatic rings. The number of benzene rings is 2. The first-order chi connectivity index (χ1) is 9.83. The number of anilines is 1. The maximum absolute atomic E-state index is 11.6. The fourth-order valence-corrected chi connectivity index (χ4v) is 2.26. The van der Waals surface area contributed by atoms with E-state index in [1.54, 1.807) is 12.1 Å². The van der Waals surface area contributed by atoms with E-state index in [1.807, 2.05) is 36.4 Å². The van der Waals surface area contributed by atoms with E-state index >= 15 is 0 Å². The molecule has 20 heavy (non-hydrogen) atoms. The molecular weight excluding hydrogens is 252 g/mol. The first-order valence-electron chi connectivity index (χ1n) is 6.51. The minimum atomic E-state index is -0.576. The number of carbonyl (C=O) groups is 1. The Morgan fingerprint density at radius 1 is 1.00 bits per heavy atom. The SMILES string of the molecule is O=C(Nc1ccccc1)O/N=C1/CCc2ccccc21. The van der Waals surface area contributed by atoms with Gasteiger partial charge in [0, 0.05) is 11.3 Å². The molecule has 0 saturated heterocycles. The van der Waals surface area contributed by atoms with Crippen molar-refractivity contribution in [1.82, 2.24) is 0 Å². The van der Waals surface area contributed by atoms with Crippen molar-refractivity contribution in [2.45, 2.75) is 12.8 Å². The fourth-order valence-electron chi connectivity index (χ4n) is 2.26. The van der Waals surface area contributed by atoms with Crippen LogP contribution >= 0.6 is 0 Å². The quantitative estimate of drug-likeness (QED) is 0.667. The Bertz CT molecular complexity index is 651. The second kappa shape index (κ2) is 5.57. The van der Waals surface area contributed by atoms with Crippen LogP contribution < -0.4 is 5.32 Å². The van der Waals surface area contributed by atoms with Crippen molar-refractivity contribution in [3.05, 3.63) is 65.7 Å². The summed E-state index contributed by atoms with van der Waals surface area (Å²) in [7, 11) is 0. The molecule has 1 aliphatic carbocycles. The van der Waals surface area contributed by atoms with Crippen LogP contribution in [0.1, 0.15) is 17.5 Å². The third-order valence-electron chi connectivity index (χ3n) is 3.22. The second-order valence-corrected chi connectivity index (χ2v) is 4.56. The molecule has 0 bridgehead atoms. The summed E-state index contributed by atoms with van der Waals surface area (Å²) in [5.74, 6) is 0. The van der Waals surface area contributed by atoms with Gasteiger partial charge in [0.2, 0.25) is 0 Å². The molecular formula is C16H14N2O2. The number of fused-ring (bicyclic) bond motifs is 1. The van der Waals surface area contributed by atoms with Gasteiger partial charge in [-0.1, -0.05) is 47.6 Å². The predicted molar refractivity (Wildman–Crippen MR) is 77.8 cm³/mol. The Kier molecular flexibility index (Phi) is 3.46. The normalized spacial score (nSPS) is 14.9. The van der Waals surface area contributed by atoms with Gasteiger partial charge in [-0.3, -0.25) is 10.2 Å². The number of para-hydroxylation sites is 1. The number of rotatable bonds is 2. The molecule has 1 N–H and O–H groups in total. The molecule has 3 rings (SSSR count). The topological polar surface area (TPSA) is 50.7 Å². The van der Waals surface area contributed by atoms with Crippen LogP contribution in [0.3, 0.4) is 0 Å². The summed E-state index contributed by atoms with van der Waals surface area (Å²) in [5, 5.41) is 6.59. The molecule has 0 aromatic heterocycles. The minimum absolute atomic E-state index is 0.576. The third kappa shape index (κ3) is 2.69. The van der Waals surface area contributed by atoms with Crippen LogP contribution in [0.25, 0.3) is 0 Å². The molecule has 4 nitrogen and oxygen atoms in total. The summed E-state index contributed by atoms with van der Waals surface area (Å²) < 4.78 is 0. The van der Waals surface area contributed by atoms with Gasteiger partial charge in [-0.05, 0) is 30.5 Å². The van der Waals surface area contributed by atoms with Gasteiger partial charge >= 0.3 is 6.09 Å². The van der Waals surface area contributed by atoms with Crippen LogP contribution in [-0.4, -0.2) is 11.8 Å². The van der Waals surface area contributed by atoms with Gasteiger partial charge in [0.1, 0.15) is 0 Å². The summed E-state index contributed by atoms with van der Waals surface area (Å²) >= 11 is 0. The van der Waals surface area contributed by atoms with E-state index in [-0.39, 0.29) is 0 Å². The largest absolute Gasteiger partial charge is 0.437 e. The van der Waals surface area contributed by atoms with Crippen LogP contribution in [-0.2, 0) is 11.3 Å². The number of hydrogen-bond acceptors (Lipinski definition) is 3. The molecule has 0 spiro atoms. The Hall–Kier alpha value is -2.62. The summed E-state index contributed by atoms with van der Waals surface area (Å²) in [6.07, 6.45) is 1.17. The lowest BCUT2D eigenvalue weighted by Gasteiger charge is -2.03. The number of carbonyl (C=O) groups excluding carboxylic acids is 1. The molecule has 0 aliphatic heterocycles. The molecule has 2 aromatic carbocycles. The average molecular weight is 266 g/mol. The molecule has 0 fully saturated rings. The van der Waals surface area contributed by atoms with E-state index in [2.05, 4.69) is 16.5 Å². The lowest BCUT2D eigenvalue weighted by atomic mass is 10.1. The molecule has 100 valence electrons. The summed E-state index contributed by atoms with van der Waals surface area (Å²) in [4.78, 5) is 16.6. The summed E-state index contributed by atoms with van der Waals surface area (Å²) in [5.41, 5.74) is 3.83. The van der Waals surface area contributed by atoms with Gasteiger partial charge < -0.3 is 0 Å². The molecule has 0 saturated carbocycles. The molecule has 4 heteroatoms. The molecule has 0 radical (unpaired) electrons. The minimum Gasteiger partial charge on any atom is -0.297 e. The number of nitrogens with one attached hydrogen (secondary N) is 1. The van der Waals surface area contributed by atoms with Crippen LogP contribution in [0.15, 0.2) is 59.8 Å². The van der Waals surface area contributed by atoms with Crippen molar-refractivity contribution in [3.63, 3.8) is 0 Å². The lowest BCUT2D eigenvalue weighted by Crippen LogP contribution is -2.11. The number of aryl methyl sites for hydroxylation is 1. The highest BCUT2D eigenvalue weighted by molar-refractivity contribution is 6.04. The standard InChI is InChI=1S/C16H14N2O2/c19-16(17-13-7-2-1-3-8-13)20-18-15-11-10-12-6-4-5-9-14(12)15/h1-9H,10-11H2,(H,17,19)/b18-15-. The summed E-state index contributed by atoms with van der Waals surface area (Å²) in [6, 6.07) is 17.2. The Morgan fingerprint density at radius 2 is 1.75 bits per heavy atom. The third-order valence-corrected chi connectivity index (χ3v) is 3.22. The van der Waals surface area contributed by atoms with Gasteiger partial charge in [0.05, 0.1) is 5.71 Å². The van der Waals surface area contributed by atoms with Crippen LogP contribution in [0.5, 0.6) is 0 Å². The van der Waals surface area contributed by atoms with Crippen LogP contribution in [0.2, 0.25) is 0 Å². The van der Waals surface area contributed by atoms with Gasteiger partial charge in [-0.2, -0.15) is 0 Å². The van der Waals surface area contributed by atoms with E-state index in [4.69, 9.17) is 4.84 Å². The van der Waals surface area contributed by atoms with E-state index in [0.29, 0.717) is 5.69 Å². The smallest absolute Gasteiger partial charge is 0.297 e. The van der Waals surface area contributed by atoms with Crippen molar-refractivity contribution in [2.75, 3.05) is 5.32 Å². The predicted octanol–water partition coefficient (Wildman–Crippen LogP) is 3.59. The monoisotopic (exact) mass is 266 g/mol. The average Bonchev–Trinajstić information content (AvgIpc) is 2.89. The number of oxime groups is 1. The van der Waals surface area contributed by atoms with Crippen LogP contribution in [0.4, 0.5) is 10.5 Å². The number of nitrogens with zero attached hydrogens (tertiary/aromatic N) is 1. The molecule has 1 aliphatic rings. The summed E-state index contributed by atoms with van der Waals surface area (Å²) in [6.45, 7) is 0. The van der Waals surface area contributed by atoms with E-state index < -0.39 is 6.09 Å².